The van der Waals surface area contributed by atoms with Crippen LogP contribution in [0.1, 0.15) is 59.6 Å². The van der Waals surface area contributed by atoms with E-state index in [1.54, 1.807) is 6.92 Å². The first-order valence-electron chi connectivity index (χ1n) is 10.7. The lowest BCUT2D eigenvalue weighted by atomic mass is 10.2. The molecule has 29 heavy (non-hydrogen) atoms. The summed E-state index contributed by atoms with van der Waals surface area (Å²) in [4.78, 5) is 0. The van der Waals surface area contributed by atoms with Gasteiger partial charge < -0.3 is 0 Å². The van der Waals surface area contributed by atoms with Crippen LogP contribution >= 0.6 is 0 Å². The van der Waals surface area contributed by atoms with Crippen molar-refractivity contribution in [1.82, 2.24) is 0 Å². The van der Waals surface area contributed by atoms with E-state index < -0.39 is 0 Å². The van der Waals surface area contributed by atoms with Gasteiger partial charge in [-0.15, -0.1) is 12.3 Å². The Morgan fingerprint density at radius 2 is 0.690 bits per heavy atom. The topological polar surface area (TPSA) is 0 Å². The second-order valence-electron chi connectivity index (χ2n) is 5.12. The number of terminal acetylenes is 1. The Morgan fingerprint density at radius 3 is 0.828 bits per heavy atom. The normalized spacial score (nSPS) is 7.38. The molecule has 0 aromatic heterocycles. The minimum absolute atomic E-state index is 1.14. The van der Waals surface area contributed by atoms with E-state index in [4.69, 9.17) is 0 Å². The fraction of sp³-hybridized carbons (Fsp3) is 0.310. The second-order valence-corrected chi connectivity index (χ2v) is 5.12. The molecule has 3 aromatic carbocycles. The van der Waals surface area contributed by atoms with E-state index in [0.29, 0.717) is 0 Å². The van der Waals surface area contributed by atoms with Crippen molar-refractivity contribution >= 4 is 0 Å². The maximum absolute atomic E-state index is 4.60. The van der Waals surface area contributed by atoms with Crippen molar-refractivity contribution in [1.29, 1.82) is 0 Å². The number of hydrogen-bond acceptors (Lipinski definition) is 0. The first kappa shape index (κ1) is 30.9. The van der Waals surface area contributed by atoms with Gasteiger partial charge in [0.05, 0.1) is 0 Å². The van der Waals surface area contributed by atoms with Gasteiger partial charge >= 0.3 is 0 Å². The average Bonchev–Trinajstić information content (AvgIpc) is 2.85. The highest BCUT2D eigenvalue weighted by molar-refractivity contribution is 5.14. The lowest BCUT2D eigenvalue weighted by molar-refractivity contribution is 1.14. The van der Waals surface area contributed by atoms with Crippen molar-refractivity contribution < 1.29 is 0 Å². The van der Waals surface area contributed by atoms with Crippen molar-refractivity contribution in [2.45, 2.75) is 61.3 Å². The second kappa shape index (κ2) is 30.0. The van der Waals surface area contributed by atoms with E-state index in [1.807, 2.05) is 76.2 Å². The summed E-state index contributed by atoms with van der Waals surface area (Å²) in [5, 5.41) is 0. The van der Waals surface area contributed by atoms with E-state index in [-0.39, 0.29) is 0 Å². The monoisotopic (exact) mass is 390 g/mol. The van der Waals surface area contributed by atoms with Gasteiger partial charge in [0, 0.05) is 0 Å². The van der Waals surface area contributed by atoms with Gasteiger partial charge in [-0.3, -0.25) is 0 Å². The molecule has 3 rings (SSSR count). The predicted molar refractivity (Wildman–Crippen MR) is 135 cm³/mol. The SMILES string of the molecule is C#CC.CC.CC.CCc1ccccc1.CCc1ccccc1.c1ccccc1. The molecule has 158 valence electrons. The third-order valence-electron chi connectivity index (χ3n) is 3.17. The van der Waals surface area contributed by atoms with Gasteiger partial charge in [-0.1, -0.05) is 139 Å². The molecule has 0 aliphatic heterocycles. The molecule has 0 N–H and O–H groups in total. The smallest absolute Gasteiger partial charge is 0.00297 e. The molecule has 0 aliphatic carbocycles. The Labute approximate surface area is 182 Å². The summed E-state index contributed by atoms with van der Waals surface area (Å²) < 4.78 is 0. The van der Waals surface area contributed by atoms with Gasteiger partial charge in [0.2, 0.25) is 0 Å². The van der Waals surface area contributed by atoms with Crippen LogP contribution in [0.3, 0.4) is 0 Å². The summed E-state index contributed by atoms with van der Waals surface area (Å²) in [7, 11) is 0. The maximum Gasteiger partial charge on any atom is -0.00297 e. The third kappa shape index (κ3) is 25.2. The molecule has 0 aliphatic rings. The maximum atomic E-state index is 4.60. The van der Waals surface area contributed by atoms with Gasteiger partial charge in [-0.25, -0.2) is 0 Å². The van der Waals surface area contributed by atoms with Crippen LogP contribution in [0.4, 0.5) is 0 Å². The Balaban J connectivity index is -0.000000305. The first-order chi connectivity index (χ1) is 14.3. The van der Waals surface area contributed by atoms with Gasteiger partial charge in [-0.2, -0.15) is 0 Å². The van der Waals surface area contributed by atoms with Crippen LogP contribution in [0.25, 0.3) is 0 Å². The number of aryl methyl sites for hydroxylation is 2. The van der Waals surface area contributed by atoms with Crippen LogP contribution < -0.4 is 0 Å². The minimum Gasteiger partial charge on any atom is -0.120 e. The molecule has 0 nitrogen and oxygen atoms in total. The highest BCUT2D eigenvalue weighted by Crippen LogP contribution is 1.97. The zero-order valence-corrected chi connectivity index (χ0v) is 19.7. The molecule has 0 heterocycles. The van der Waals surface area contributed by atoms with Crippen LogP contribution in [0.5, 0.6) is 0 Å². The number of hydrogen-bond donors (Lipinski definition) is 0. The summed E-state index contributed by atoms with van der Waals surface area (Å²) in [6, 6.07) is 32.9. The van der Waals surface area contributed by atoms with Crippen LogP contribution in [0.15, 0.2) is 97.1 Å². The molecular formula is C29H42. The number of rotatable bonds is 2. The zero-order chi connectivity index (χ0) is 22.6. The fourth-order valence-corrected chi connectivity index (χ4v) is 1.81. The minimum atomic E-state index is 1.14. The van der Waals surface area contributed by atoms with Crippen LogP contribution in [-0.2, 0) is 12.8 Å². The molecule has 0 unspecified atom stereocenters. The molecule has 0 atom stereocenters. The Bertz CT molecular complexity index is 568. The molecule has 0 fully saturated rings. The van der Waals surface area contributed by atoms with Gasteiger partial charge in [-0.05, 0) is 30.9 Å². The Hall–Kier alpha value is -2.78. The third-order valence-corrected chi connectivity index (χ3v) is 3.17. The van der Waals surface area contributed by atoms with Crippen LogP contribution in [0, 0.1) is 12.3 Å². The Morgan fingerprint density at radius 1 is 0.517 bits per heavy atom. The predicted octanol–water partition coefficient (Wildman–Crippen LogP) is 8.88. The van der Waals surface area contributed by atoms with E-state index in [9.17, 15) is 0 Å². The van der Waals surface area contributed by atoms with E-state index in [1.165, 1.54) is 11.1 Å². The van der Waals surface area contributed by atoms with E-state index in [0.717, 1.165) is 12.8 Å². The standard InChI is InChI=1S/2C8H10.C6H6.C3H4.2C2H6/c2*1-2-8-6-4-3-5-7-8;1-2-4-6-5-3-1;1-3-2;2*1-2/h2*3-7H,2H2,1H3;1-6H;1H,2H3;2*1-2H3. The molecule has 0 radical (unpaired) electrons. The van der Waals surface area contributed by atoms with Gasteiger partial charge in [0.25, 0.3) is 0 Å². The molecule has 0 spiro atoms. The lowest BCUT2D eigenvalue weighted by Crippen LogP contribution is -1.73. The summed E-state index contributed by atoms with van der Waals surface area (Å²) in [6.45, 7) is 14.0. The largest absolute Gasteiger partial charge is 0.120 e. The van der Waals surface area contributed by atoms with Crippen molar-refractivity contribution in [2.24, 2.45) is 0 Å². The van der Waals surface area contributed by atoms with Crippen molar-refractivity contribution in [3.05, 3.63) is 108 Å². The van der Waals surface area contributed by atoms with Crippen molar-refractivity contribution in [2.75, 3.05) is 0 Å². The van der Waals surface area contributed by atoms with E-state index >= 15 is 0 Å². The summed E-state index contributed by atoms with van der Waals surface area (Å²) in [6.07, 6.45) is 6.88. The Kier molecular flexibility index (Phi) is 32.0. The van der Waals surface area contributed by atoms with Crippen LogP contribution in [0.2, 0.25) is 0 Å². The summed E-state index contributed by atoms with van der Waals surface area (Å²) in [5.74, 6) is 2.25. The first-order valence-corrected chi connectivity index (χ1v) is 10.7. The quantitative estimate of drug-likeness (QED) is 0.383. The average molecular weight is 391 g/mol. The van der Waals surface area contributed by atoms with Crippen molar-refractivity contribution in [3.63, 3.8) is 0 Å². The highest BCUT2D eigenvalue weighted by atomic mass is 13.9. The summed E-state index contributed by atoms with van der Waals surface area (Å²) >= 11 is 0. The van der Waals surface area contributed by atoms with Gasteiger partial charge in [0.1, 0.15) is 0 Å². The zero-order valence-electron chi connectivity index (χ0n) is 19.7. The van der Waals surface area contributed by atoms with Crippen molar-refractivity contribution in [3.8, 4) is 12.3 Å². The molecule has 0 heteroatoms. The molecule has 0 saturated heterocycles. The highest BCUT2D eigenvalue weighted by Gasteiger charge is 1.80. The molecule has 3 aromatic rings. The molecular weight excluding hydrogens is 348 g/mol. The number of benzene rings is 3. The molecule has 0 saturated carbocycles. The molecule has 0 bridgehead atoms. The van der Waals surface area contributed by atoms with E-state index in [2.05, 4.69) is 74.7 Å². The lowest BCUT2D eigenvalue weighted by Gasteiger charge is -1.89. The van der Waals surface area contributed by atoms with Gasteiger partial charge in [0.15, 0.2) is 0 Å². The summed E-state index contributed by atoms with van der Waals surface area (Å²) in [5.41, 5.74) is 2.82. The van der Waals surface area contributed by atoms with Crippen LogP contribution in [-0.4, -0.2) is 0 Å². The fourth-order valence-electron chi connectivity index (χ4n) is 1.81. The molecule has 0 amide bonds.